The van der Waals surface area contributed by atoms with E-state index in [0.29, 0.717) is 5.92 Å². The van der Waals surface area contributed by atoms with Crippen molar-refractivity contribution >= 4 is 17.3 Å². The molecule has 2 rings (SSSR count). The van der Waals surface area contributed by atoms with E-state index in [1.54, 1.807) is 18.4 Å². The van der Waals surface area contributed by atoms with Crippen molar-refractivity contribution in [2.45, 2.75) is 45.6 Å². The van der Waals surface area contributed by atoms with Crippen LogP contribution in [0.2, 0.25) is 0 Å². The number of nitrogens with zero attached hydrogens (tertiary/aromatic N) is 2. The number of hydrogen-bond acceptors (Lipinski definition) is 4. The monoisotopic (exact) mass is 324 g/mol. The predicted octanol–water partition coefficient (Wildman–Crippen LogP) is 2.75. The molecule has 0 spiro atoms. The lowest BCUT2D eigenvalue weighted by atomic mass is 10.2. The summed E-state index contributed by atoms with van der Waals surface area (Å²) in [6.45, 7) is 7.69. The largest absolute Gasteiger partial charge is 0.381 e. The van der Waals surface area contributed by atoms with Gasteiger partial charge in [0.2, 0.25) is 0 Å². The summed E-state index contributed by atoms with van der Waals surface area (Å²) < 4.78 is 5.62. The summed E-state index contributed by atoms with van der Waals surface area (Å²) in [5.41, 5.74) is 1.16. The fourth-order valence-electron chi connectivity index (χ4n) is 1.97. The van der Waals surface area contributed by atoms with Gasteiger partial charge in [0.05, 0.1) is 12.2 Å². The molecule has 1 aromatic heterocycles. The van der Waals surface area contributed by atoms with Gasteiger partial charge in [0, 0.05) is 32.2 Å². The zero-order valence-corrected chi connectivity index (χ0v) is 14.7. The standard InChI is InChI=1S/C16H28N4OS/c1-12(2)14-11-22-15(20-14)9-19-16(17-3)18-7-4-8-21-10-13-5-6-13/h11-13H,4-10H2,1-3H3,(H2,17,18,19). The van der Waals surface area contributed by atoms with E-state index in [4.69, 9.17) is 4.74 Å². The number of aliphatic imine (C=N–C) groups is 1. The van der Waals surface area contributed by atoms with E-state index >= 15 is 0 Å². The van der Waals surface area contributed by atoms with Gasteiger partial charge in [0.25, 0.3) is 0 Å². The molecule has 0 radical (unpaired) electrons. The highest BCUT2D eigenvalue weighted by Gasteiger charge is 2.20. The second kappa shape index (κ2) is 9.10. The molecule has 0 unspecified atom stereocenters. The number of ether oxygens (including phenoxy) is 1. The second-order valence-electron chi connectivity index (χ2n) is 6.05. The SMILES string of the molecule is CN=C(NCCCOCC1CC1)NCc1nc(C(C)C)cs1. The molecule has 1 heterocycles. The van der Waals surface area contributed by atoms with E-state index in [-0.39, 0.29) is 0 Å². The normalized spacial score (nSPS) is 15.4. The second-order valence-corrected chi connectivity index (χ2v) is 6.99. The topological polar surface area (TPSA) is 58.5 Å². The van der Waals surface area contributed by atoms with Gasteiger partial charge in [-0.3, -0.25) is 4.99 Å². The lowest BCUT2D eigenvalue weighted by Crippen LogP contribution is -2.37. The molecular weight excluding hydrogens is 296 g/mol. The average molecular weight is 324 g/mol. The molecule has 1 aromatic rings. The molecule has 2 N–H and O–H groups in total. The smallest absolute Gasteiger partial charge is 0.191 e. The van der Waals surface area contributed by atoms with Crippen molar-refractivity contribution in [2.24, 2.45) is 10.9 Å². The highest BCUT2D eigenvalue weighted by atomic mass is 32.1. The van der Waals surface area contributed by atoms with Gasteiger partial charge in [-0.15, -0.1) is 11.3 Å². The summed E-state index contributed by atoms with van der Waals surface area (Å²) in [4.78, 5) is 8.84. The van der Waals surface area contributed by atoms with Crippen molar-refractivity contribution in [3.8, 4) is 0 Å². The molecule has 124 valence electrons. The van der Waals surface area contributed by atoms with E-state index in [9.17, 15) is 0 Å². The number of rotatable bonds is 9. The fourth-order valence-corrected chi connectivity index (χ4v) is 2.86. The van der Waals surface area contributed by atoms with Gasteiger partial charge in [0.1, 0.15) is 5.01 Å². The van der Waals surface area contributed by atoms with Crippen molar-refractivity contribution in [3.05, 3.63) is 16.1 Å². The summed E-state index contributed by atoms with van der Waals surface area (Å²) in [7, 11) is 1.79. The van der Waals surface area contributed by atoms with E-state index in [0.717, 1.165) is 55.3 Å². The summed E-state index contributed by atoms with van der Waals surface area (Å²) in [6.07, 6.45) is 3.70. The first-order valence-electron chi connectivity index (χ1n) is 8.15. The van der Waals surface area contributed by atoms with Crippen LogP contribution in [0.25, 0.3) is 0 Å². The van der Waals surface area contributed by atoms with Gasteiger partial charge in [-0.1, -0.05) is 13.8 Å². The fraction of sp³-hybridized carbons (Fsp3) is 0.750. The summed E-state index contributed by atoms with van der Waals surface area (Å²) in [6, 6.07) is 0. The molecule has 22 heavy (non-hydrogen) atoms. The van der Waals surface area contributed by atoms with Crippen LogP contribution in [0.15, 0.2) is 10.4 Å². The third-order valence-electron chi connectivity index (χ3n) is 3.60. The molecule has 6 heteroatoms. The molecule has 0 atom stereocenters. The van der Waals surface area contributed by atoms with Crippen molar-refractivity contribution in [2.75, 3.05) is 26.8 Å². The molecule has 0 aromatic carbocycles. The Bertz CT molecular complexity index is 468. The van der Waals surface area contributed by atoms with Gasteiger partial charge < -0.3 is 15.4 Å². The maximum atomic E-state index is 5.62. The Morgan fingerprint density at radius 3 is 2.91 bits per heavy atom. The molecule has 0 aliphatic heterocycles. The molecule has 5 nitrogen and oxygen atoms in total. The highest BCUT2D eigenvalue weighted by molar-refractivity contribution is 7.09. The average Bonchev–Trinajstić information content (AvgIpc) is 3.20. The van der Waals surface area contributed by atoms with Crippen LogP contribution < -0.4 is 10.6 Å². The first-order valence-corrected chi connectivity index (χ1v) is 9.03. The minimum Gasteiger partial charge on any atom is -0.381 e. The van der Waals surface area contributed by atoms with Crippen LogP contribution in [0.5, 0.6) is 0 Å². The van der Waals surface area contributed by atoms with Crippen LogP contribution in [0.1, 0.15) is 49.7 Å². The van der Waals surface area contributed by atoms with Crippen molar-refractivity contribution in [3.63, 3.8) is 0 Å². The zero-order valence-electron chi connectivity index (χ0n) is 13.9. The molecule has 0 amide bonds. The molecular formula is C16H28N4OS. The lowest BCUT2D eigenvalue weighted by molar-refractivity contribution is 0.123. The Hall–Kier alpha value is -1.14. The third kappa shape index (κ3) is 6.32. The van der Waals surface area contributed by atoms with Gasteiger partial charge in [0.15, 0.2) is 5.96 Å². The molecule has 1 saturated carbocycles. The van der Waals surface area contributed by atoms with Crippen molar-refractivity contribution < 1.29 is 4.74 Å². The first-order chi connectivity index (χ1) is 10.7. The van der Waals surface area contributed by atoms with Crippen LogP contribution in [0.4, 0.5) is 0 Å². The van der Waals surface area contributed by atoms with E-state index in [1.807, 2.05) is 0 Å². The van der Waals surface area contributed by atoms with E-state index in [1.165, 1.54) is 12.8 Å². The Morgan fingerprint density at radius 2 is 2.27 bits per heavy atom. The number of guanidine groups is 1. The Morgan fingerprint density at radius 1 is 1.45 bits per heavy atom. The highest BCUT2D eigenvalue weighted by Crippen LogP contribution is 2.28. The zero-order chi connectivity index (χ0) is 15.8. The number of thiazole rings is 1. The summed E-state index contributed by atoms with van der Waals surface area (Å²) >= 11 is 1.70. The molecule has 1 aliphatic rings. The molecule has 0 bridgehead atoms. The van der Waals surface area contributed by atoms with Gasteiger partial charge >= 0.3 is 0 Å². The van der Waals surface area contributed by atoms with Crippen LogP contribution in [0.3, 0.4) is 0 Å². The van der Waals surface area contributed by atoms with Crippen LogP contribution in [-0.4, -0.2) is 37.7 Å². The third-order valence-corrected chi connectivity index (χ3v) is 4.47. The minimum absolute atomic E-state index is 0.484. The molecule has 0 saturated heterocycles. The number of hydrogen-bond donors (Lipinski definition) is 2. The van der Waals surface area contributed by atoms with Crippen LogP contribution in [0, 0.1) is 5.92 Å². The lowest BCUT2D eigenvalue weighted by Gasteiger charge is -2.11. The Balaban J connectivity index is 1.57. The molecule has 1 fully saturated rings. The van der Waals surface area contributed by atoms with Gasteiger partial charge in [-0.25, -0.2) is 4.98 Å². The minimum atomic E-state index is 0.484. The summed E-state index contributed by atoms with van der Waals surface area (Å²) in [5, 5.41) is 9.84. The van der Waals surface area contributed by atoms with Crippen molar-refractivity contribution in [1.82, 2.24) is 15.6 Å². The van der Waals surface area contributed by atoms with E-state index < -0.39 is 0 Å². The number of nitrogens with one attached hydrogen (secondary N) is 2. The maximum absolute atomic E-state index is 5.62. The Labute approximate surface area is 137 Å². The maximum Gasteiger partial charge on any atom is 0.191 e. The van der Waals surface area contributed by atoms with Crippen LogP contribution >= 0.6 is 11.3 Å². The van der Waals surface area contributed by atoms with Gasteiger partial charge in [-0.05, 0) is 31.1 Å². The van der Waals surface area contributed by atoms with E-state index in [2.05, 4.69) is 39.8 Å². The first kappa shape index (κ1) is 17.2. The predicted molar refractivity (Wildman–Crippen MR) is 92.6 cm³/mol. The number of aromatic nitrogens is 1. The van der Waals surface area contributed by atoms with Gasteiger partial charge in [-0.2, -0.15) is 0 Å². The Kier molecular flexibility index (Phi) is 7.12. The quantitative estimate of drug-likeness (QED) is 0.417. The summed E-state index contributed by atoms with van der Waals surface area (Å²) in [5.74, 6) is 2.15. The van der Waals surface area contributed by atoms with Crippen molar-refractivity contribution in [1.29, 1.82) is 0 Å². The van der Waals surface area contributed by atoms with Crippen LogP contribution in [-0.2, 0) is 11.3 Å². The molecule has 1 aliphatic carbocycles.